The molecule has 1 aromatic rings. The van der Waals surface area contributed by atoms with Crippen molar-refractivity contribution < 1.29 is 9.53 Å². The topological polar surface area (TPSA) is 47.4 Å². The molecule has 0 aliphatic carbocycles. The standard InChI is InChI=1S/C11H17N3O2/c1-5-14-8(3)9(16-11(14)15)10-12-7(2)6-13(10)4/h6,8-9H,5H2,1-4H3/t8-,9-/m0/s1. The van der Waals surface area contributed by atoms with Gasteiger partial charge in [-0.05, 0) is 20.8 Å². The van der Waals surface area contributed by atoms with E-state index in [2.05, 4.69) is 4.98 Å². The van der Waals surface area contributed by atoms with Crippen LogP contribution in [-0.4, -0.2) is 33.1 Å². The van der Waals surface area contributed by atoms with Crippen molar-refractivity contribution in [3.63, 3.8) is 0 Å². The van der Waals surface area contributed by atoms with Crippen LogP contribution < -0.4 is 0 Å². The van der Waals surface area contributed by atoms with Crippen LogP contribution in [0.25, 0.3) is 0 Å². The first-order valence-electron chi connectivity index (χ1n) is 5.51. The highest BCUT2D eigenvalue weighted by Gasteiger charge is 2.40. The van der Waals surface area contributed by atoms with Gasteiger partial charge in [-0.3, -0.25) is 0 Å². The highest BCUT2D eigenvalue weighted by atomic mass is 16.6. The lowest BCUT2D eigenvalue weighted by Crippen LogP contribution is -2.32. The average Bonchev–Trinajstić information content (AvgIpc) is 2.67. The quantitative estimate of drug-likeness (QED) is 0.765. The first-order valence-corrected chi connectivity index (χ1v) is 5.51. The average molecular weight is 223 g/mol. The fourth-order valence-electron chi connectivity index (χ4n) is 2.19. The van der Waals surface area contributed by atoms with Gasteiger partial charge >= 0.3 is 6.09 Å². The molecule has 1 amide bonds. The Morgan fingerprint density at radius 3 is 2.69 bits per heavy atom. The minimum atomic E-state index is -0.258. The van der Waals surface area contributed by atoms with Crippen molar-refractivity contribution in [2.75, 3.05) is 6.54 Å². The van der Waals surface area contributed by atoms with Gasteiger partial charge in [-0.2, -0.15) is 0 Å². The Labute approximate surface area is 95.0 Å². The van der Waals surface area contributed by atoms with Gasteiger partial charge in [0.05, 0.1) is 11.7 Å². The Kier molecular flexibility index (Phi) is 2.61. The molecular weight excluding hydrogens is 206 g/mol. The van der Waals surface area contributed by atoms with Crippen molar-refractivity contribution in [3.05, 3.63) is 17.7 Å². The van der Waals surface area contributed by atoms with E-state index in [1.807, 2.05) is 38.6 Å². The molecule has 1 fully saturated rings. The van der Waals surface area contributed by atoms with Gasteiger partial charge in [0, 0.05) is 19.8 Å². The van der Waals surface area contributed by atoms with Crippen LogP contribution in [0.4, 0.5) is 4.79 Å². The molecule has 0 saturated carbocycles. The molecule has 1 aromatic heterocycles. The molecule has 0 aromatic carbocycles. The van der Waals surface area contributed by atoms with Crippen molar-refractivity contribution in [2.45, 2.75) is 32.9 Å². The fraction of sp³-hybridized carbons (Fsp3) is 0.636. The zero-order valence-electron chi connectivity index (χ0n) is 10.1. The molecule has 5 heteroatoms. The van der Waals surface area contributed by atoms with Crippen molar-refractivity contribution in [3.8, 4) is 0 Å². The van der Waals surface area contributed by atoms with Crippen LogP contribution in [0.2, 0.25) is 0 Å². The van der Waals surface area contributed by atoms with Crippen LogP contribution >= 0.6 is 0 Å². The summed E-state index contributed by atoms with van der Waals surface area (Å²) in [6.45, 7) is 6.54. The van der Waals surface area contributed by atoms with E-state index in [1.165, 1.54) is 0 Å². The maximum atomic E-state index is 11.6. The van der Waals surface area contributed by atoms with Crippen LogP contribution in [0.1, 0.15) is 31.5 Å². The summed E-state index contributed by atoms with van der Waals surface area (Å²) in [7, 11) is 1.92. The number of imidazole rings is 1. The first kappa shape index (κ1) is 11.0. The van der Waals surface area contributed by atoms with E-state index in [0.29, 0.717) is 6.54 Å². The maximum Gasteiger partial charge on any atom is 0.410 e. The summed E-state index contributed by atoms with van der Waals surface area (Å²) < 4.78 is 7.28. The summed E-state index contributed by atoms with van der Waals surface area (Å²) in [6, 6.07) is 0.0398. The molecule has 1 aliphatic rings. The maximum absolute atomic E-state index is 11.6. The van der Waals surface area contributed by atoms with E-state index in [1.54, 1.807) is 4.90 Å². The minimum absolute atomic E-state index is 0.0398. The second-order valence-corrected chi connectivity index (χ2v) is 4.18. The fourth-order valence-corrected chi connectivity index (χ4v) is 2.19. The second kappa shape index (κ2) is 3.81. The zero-order chi connectivity index (χ0) is 11.9. The van der Waals surface area contributed by atoms with Gasteiger partial charge < -0.3 is 14.2 Å². The summed E-state index contributed by atoms with van der Waals surface area (Å²) in [4.78, 5) is 17.7. The number of cyclic esters (lactones) is 1. The molecule has 0 bridgehead atoms. The van der Waals surface area contributed by atoms with Crippen LogP contribution in [0.3, 0.4) is 0 Å². The third kappa shape index (κ3) is 1.56. The molecule has 0 radical (unpaired) electrons. The van der Waals surface area contributed by atoms with Crippen molar-refractivity contribution in [1.82, 2.24) is 14.5 Å². The Balaban J connectivity index is 2.30. The highest BCUT2D eigenvalue weighted by molar-refractivity contribution is 5.70. The van der Waals surface area contributed by atoms with Crippen LogP contribution in [0.15, 0.2) is 6.20 Å². The van der Waals surface area contributed by atoms with E-state index < -0.39 is 0 Å². The van der Waals surface area contributed by atoms with E-state index in [-0.39, 0.29) is 18.2 Å². The summed E-state index contributed by atoms with van der Waals surface area (Å²) >= 11 is 0. The van der Waals surface area contributed by atoms with Crippen LogP contribution in [0, 0.1) is 6.92 Å². The SMILES string of the molecule is CCN1C(=O)O[C@H](c2nc(C)cn2C)[C@@H]1C. The normalized spacial score (nSPS) is 25.0. The molecule has 2 heterocycles. The molecular formula is C11H17N3O2. The lowest BCUT2D eigenvalue weighted by atomic mass is 10.1. The minimum Gasteiger partial charge on any atom is -0.436 e. The number of aryl methyl sites for hydroxylation is 2. The predicted octanol–water partition coefficient (Wildman–Crippen LogP) is 1.63. The largest absolute Gasteiger partial charge is 0.436 e. The summed E-state index contributed by atoms with van der Waals surface area (Å²) in [6.07, 6.45) is 1.43. The van der Waals surface area contributed by atoms with E-state index in [4.69, 9.17) is 4.74 Å². The molecule has 2 rings (SSSR count). The molecule has 0 unspecified atom stereocenters. The van der Waals surface area contributed by atoms with Gasteiger partial charge in [-0.25, -0.2) is 9.78 Å². The number of hydrogen-bond acceptors (Lipinski definition) is 3. The van der Waals surface area contributed by atoms with Gasteiger partial charge in [0.25, 0.3) is 0 Å². The number of hydrogen-bond donors (Lipinski definition) is 0. The monoisotopic (exact) mass is 223 g/mol. The summed E-state index contributed by atoms with van der Waals surface area (Å²) in [5, 5.41) is 0. The number of carbonyl (C=O) groups is 1. The number of nitrogens with zero attached hydrogens (tertiary/aromatic N) is 3. The van der Waals surface area contributed by atoms with E-state index in [9.17, 15) is 4.79 Å². The number of carbonyl (C=O) groups excluding carboxylic acids is 1. The van der Waals surface area contributed by atoms with Gasteiger partial charge in [-0.15, -0.1) is 0 Å². The third-order valence-corrected chi connectivity index (χ3v) is 3.02. The molecule has 2 atom stereocenters. The number of ether oxygens (including phenoxy) is 1. The number of rotatable bonds is 2. The molecule has 0 spiro atoms. The van der Waals surface area contributed by atoms with Gasteiger partial charge in [0.15, 0.2) is 11.9 Å². The Bertz CT molecular complexity index is 413. The van der Waals surface area contributed by atoms with Gasteiger partial charge in [0.1, 0.15) is 0 Å². The molecule has 0 N–H and O–H groups in total. The first-order chi connectivity index (χ1) is 7.54. The van der Waals surface area contributed by atoms with Crippen molar-refractivity contribution >= 4 is 6.09 Å². The van der Waals surface area contributed by atoms with Gasteiger partial charge in [0.2, 0.25) is 0 Å². The van der Waals surface area contributed by atoms with Crippen LogP contribution in [-0.2, 0) is 11.8 Å². The Morgan fingerprint density at radius 2 is 2.25 bits per heavy atom. The predicted molar refractivity (Wildman–Crippen MR) is 59.0 cm³/mol. The van der Waals surface area contributed by atoms with E-state index >= 15 is 0 Å². The summed E-state index contributed by atoms with van der Waals surface area (Å²) in [5.74, 6) is 0.814. The van der Waals surface area contributed by atoms with Crippen LogP contribution in [0.5, 0.6) is 0 Å². The zero-order valence-corrected chi connectivity index (χ0v) is 10.1. The number of aromatic nitrogens is 2. The number of likely N-dealkylation sites (N-methyl/N-ethyl adjacent to an activating group) is 1. The Hall–Kier alpha value is -1.52. The summed E-state index contributed by atoms with van der Waals surface area (Å²) in [5.41, 5.74) is 0.940. The second-order valence-electron chi connectivity index (χ2n) is 4.18. The lowest BCUT2D eigenvalue weighted by molar-refractivity contribution is 0.125. The van der Waals surface area contributed by atoms with Gasteiger partial charge in [-0.1, -0.05) is 0 Å². The smallest absolute Gasteiger partial charge is 0.410 e. The highest BCUT2D eigenvalue weighted by Crippen LogP contribution is 2.31. The molecule has 16 heavy (non-hydrogen) atoms. The van der Waals surface area contributed by atoms with Crippen molar-refractivity contribution in [1.29, 1.82) is 0 Å². The molecule has 1 aliphatic heterocycles. The van der Waals surface area contributed by atoms with Crippen molar-refractivity contribution in [2.24, 2.45) is 7.05 Å². The third-order valence-electron chi connectivity index (χ3n) is 3.02. The number of amides is 1. The lowest BCUT2D eigenvalue weighted by Gasteiger charge is -2.18. The molecule has 88 valence electrons. The molecule has 5 nitrogen and oxygen atoms in total. The molecule has 1 saturated heterocycles. The van der Waals surface area contributed by atoms with E-state index in [0.717, 1.165) is 11.5 Å². The Morgan fingerprint density at radius 1 is 1.56 bits per heavy atom.